The van der Waals surface area contributed by atoms with Crippen molar-refractivity contribution in [2.24, 2.45) is 5.92 Å². The summed E-state index contributed by atoms with van der Waals surface area (Å²) in [6.45, 7) is 11.1. The van der Waals surface area contributed by atoms with E-state index in [1.165, 1.54) is 25.8 Å². The number of hydrogen-bond acceptors (Lipinski definition) is 3. The van der Waals surface area contributed by atoms with Crippen LogP contribution in [0.3, 0.4) is 0 Å². The smallest absolute Gasteiger partial charge is 0.0855 e. The maximum Gasteiger partial charge on any atom is 0.0855 e. The van der Waals surface area contributed by atoms with E-state index in [9.17, 15) is 0 Å². The van der Waals surface area contributed by atoms with Crippen molar-refractivity contribution in [2.75, 3.05) is 33.3 Å². The summed E-state index contributed by atoms with van der Waals surface area (Å²) in [4.78, 5) is 2.54. The average molecular weight is 242 g/mol. The van der Waals surface area contributed by atoms with Crippen molar-refractivity contribution in [2.45, 2.75) is 52.2 Å². The summed E-state index contributed by atoms with van der Waals surface area (Å²) in [6.07, 6.45) is 4.11. The van der Waals surface area contributed by atoms with Crippen LogP contribution in [-0.4, -0.2) is 50.3 Å². The van der Waals surface area contributed by atoms with Crippen LogP contribution in [0.5, 0.6) is 0 Å². The number of rotatable bonds is 7. The third-order valence-electron chi connectivity index (χ3n) is 3.59. The number of morpholine rings is 1. The number of nitrogens with zero attached hydrogens (tertiary/aromatic N) is 1. The van der Waals surface area contributed by atoms with Gasteiger partial charge in [0.05, 0.1) is 12.7 Å². The highest BCUT2D eigenvalue weighted by atomic mass is 16.5. The molecule has 1 fully saturated rings. The minimum atomic E-state index is 0.374. The van der Waals surface area contributed by atoms with E-state index in [1.54, 1.807) is 0 Å². The van der Waals surface area contributed by atoms with Crippen molar-refractivity contribution >= 4 is 0 Å². The van der Waals surface area contributed by atoms with Crippen LogP contribution in [0.1, 0.15) is 40.0 Å². The second-order valence-electron chi connectivity index (χ2n) is 5.58. The topological polar surface area (TPSA) is 24.5 Å². The number of hydrogen-bond donors (Lipinski definition) is 1. The summed E-state index contributed by atoms with van der Waals surface area (Å²) in [5.74, 6) is 0.779. The zero-order chi connectivity index (χ0) is 12.7. The molecule has 1 rings (SSSR count). The molecule has 0 aromatic rings. The van der Waals surface area contributed by atoms with Gasteiger partial charge in [-0.25, -0.2) is 0 Å². The highest BCUT2D eigenvalue weighted by Crippen LogP contribution is 2.15. The predicted molar refractivity (Wildman–Crippen MR) is 73.4 cm³/mol. The average Bonchev–Trinajstić information content (AvgIpc) is 2.30. The third-order valence-corrected chi connectivity index (χ3v) is 3.59. The Morgan fingerprint density at radius 2 is 2.12 bits per heavy atom. The molecule has 1 aliphatic rings. The van der Waals surface area contributed by atoms with Gasteiger partial charge in [0.25, 0.3) is 0 Å². The molecule has 1 heterocycles. The highest BCUT2D eigenvalue weighted by molar-refractivity contribution is 4.82. The van der Waals surface area contributed by atoms with Crippen molar-refractivity contribution in [3.8, 4) is 0 Å². The second kappa shape index (κ2) is 8.06. The molecule has 0 radical (unpaired) electrons. The van der Waals surface area contributed by atoms with Crippen LogP contribution in [-0.2, 0) is 4.74 Å². The molecule has 2 unspecified atom stereocenters. The molecule has 2 atom stereocenters. The first-order valence-electron chi connectivity index (χ1n) is 7.18. The Bertz CT molecular complexity index is 195. The van der Waals surface area contributed by atoms with Crippen LogP contribution in [0.4, 0.5) is 0 Å². The van der Waals surface area contributed by atoms with Crippen molar-refractivity contribution in [1.82, 2.24) is 10.2 Å². The monoisotopic (exact) mass is 242 g/mol. The van der Waals surface area contributed by atoms with Crippen LogP contribution in [0, 0.1) is 5.92 Å². The minimum absolute atomic E-state index is 0.374. The molecule has 1 aliphatic heterocycles. The van der Waals surface area contributed by atoms with Crippen molar-refractivity contribution in [3.63, 3.8) is 0 Å². The largest absolute Gasteiger partial charge is 0.374 e. The van der Waals surface area contributed by atoms with Crippen molar-refractivity contribution in [1.29, 1.82) is 0 Å². The maximum atomic E-state index is 5.94. The van der Waals surface area contributed by atoms with Crippen molar-refractivity contribution < 1.29 is 4.74 Å². The van der Waals surface area contributed by atoms with Crippen LogP contribution in [0.25, 0.3) is 0 Å². The zero-order valence-electron chi connectivity index (χ0n) is 12.0. The van der Waals surface area contributed by atoms with Crippen LogP contribution in [0.2, 0.25) is 0 Å². The van der Waals surface area contributed by atoms with Gasteiger partial charge in [-0.2, -0.15) is 0 Å². The van der Waals surface area contributed by atoms with Gasteiger partial charge in [0.15, 0.2) is 0 Å². The number of nitrogens with one attached hydrogen (secondary N) is 1. The lowest BCUT2D eigenvalue weighted by molar-refractivity contribution is -0.0470. The van der Waals surface area contributed by atoms with Gasteiger partial charge < -0.3 is 10.1 Å². The number of ether oxygens (including phenoxy) is 1. The fraction of sp³-hybridized carbons (Fsp3) is 1.00. The molecule has 17 heavy (non-hydrogen) atoms. The van der Waals surface area contributed by atoms with Gasteiger partial charge in [-0.05, 0) is 38.8 Å². The summed E-state index contributed by atoms with van der Waals surface area (Å²) in [6, 6.07) is 0.511. The molecule has 1 N–H and O–H groups in total. The summed E-state index contributed by atoms with van der Waals surface area (Å²) in [5.41, 5.74) is 0. The molecule has 0 aromatic carbocycles. The summed E-state index contributed by atoms with van der Waals surface area (Å²) in [5, 5.41) is 3.44. The Balaban J connectivity index is 2.38. The van der Waals surface area contributed by atoms with E-state index in [1.807, 2.05) is 0 Å². The summed E-state index contributed by atoms with van der Waals surface area (Å²) >= 11 is 0. The third kappa shape index (κ3) is 5.36. The second-order valence-corrected chi connectivity index (χ2v) is 5.58. The lowest BCUT2D eigenvalue weighted by atomic mass is 9.98. The molecule has 3 heteroatoms. The first-order valence-corrected chi connectivity index (χ1v) is 7.18. The predicted octanol–water partition coefficient (Wildman–Crippen LogP) is 2.12. The van der Waals surface area contributed by atoms with Crippen LogP contribution < -0.4 is 5.32 Å². The van der Waals surface area contributed by atoms with Gasteiger partial charge >= 0.3 is 0 Å². The molecule has 0 spiro atoms. The Morgan fingerprint density at radius 1 is 1.35 bits per heavy atom. The molecule has 0 saturated carbocycles. The van der Waals surface area contributed by atoms with E-state index >= 15 is 0 Å². The van der Waals surface area contributed by atoms with E-state index in [2.05, 4.69) is 38.0 Å². The summed E-state index contributed by atoms with van der Waals surface area (Å²) < 4.78 is 5.94. The molecule has 0 bridgehead atoms. The fourth-order valence-electron chi connectivity index (χ4n) is 2.52. The SMILES string of the molecule is CCCN1CCOC(C(CCC(C)C)NC)C1. The van der Waals surface area contributed by atoms with Gasteiger partial charge in [0.1, 0.15) is 0 Å². The Labute approximate surface area is 107 Å². The van der Waals surface area contributed by atoms with Crippen molar-refractivity contribution in [3.05, 3.63) is 0 Å². The zero-order valence-corrected chi connectivity index (χ0v) is 12.0. The lowest BCUT2D eigenvalue weighted by Crippen LogP contribution is -2.51. The van der Waals surface area contributed by atoms with Gasteiger partial charge in [-0.15, -0.1) is 0 Å². The molecule has 0 aliphatic carbocycles. The standard InChI is InChI=1S/C14H30N2O/c1-5-8-16-9-10-17-14(11-16)13(15-4)7-6-12(2)3/h12-15H,5-11H2,1-4H3. The van der Waals surface area contributed by atoms with Gasteiger partial charge in [0, 0.05) is 19.1 Å². The lowest BCUT2D eigenvalue weighted by Gasteiger charge is -2.37. The fourth-order valence-corrected chi connectivity index (χ4v) is 2.52. The Hall–Kier alpha value is -0.120. The maximum absolute atomic E-state index is 5.94. The summed E-state index contributed by atoms with van der Waals surface area (Å²) in [7, 11) is 2.06. The molecule has 102 valence electrons. The number of likely N-dealkylation sites (N-methyl/N-ethyl adjacent to an activating group) is 1. The van der Waals surface area contributed by atoms with Gasteiger partial charge in [0.2, 0.25) is 0 Å². The molecular weight excluding hydrogens is 212 g/mol. The van der Waals surface area contributed by atoms with Crippen LogP contribution >= 0.6 is 0 Å². The molecular formula is C14H30N2O. The van der Waals surface area contributed by atoms with E-state index in [4.69, 9.17) is 4.74 Å². The van der Waals surface area contributed by atoms with Gasteiger partial charge in [-0.1, -0.05) is 20.8 Å². The molecule has 0 aromatic heterocycles. The Morgan fingerprint density at radius 3 is 2.71 bits per heavy atom. The van der Waals surface area contributed by atoms with E-state index in [-0.39, 0.29) is 0 Å². The Kier molecular flexibility index (Phi) is 7.09. The van der Waals surface area contributed by atoms with E-state index in [0.29, 0.717) is 12.1 Å². The van der Waals surface area contributed by atoms with Crippen LogP contribution in [0.15, 0.2) is 0 Å². The molecule has 3 nitrogen and oxygen atoms in total. The van der Waals surface area contributed by atoms with E-state index in [0.717, 1.165) is 25.6 Å². The first-order chi connectivity index (χ1) is 8.17. The normalized spacial score (nSPS) is 24.2. The molecule has 1 saturated heterocycles. The van der Waals surface area contributed by atoms with E-state index < -0.39 is 0 Å². The highest BCUT2D eigenvalue weighted by Gasteiger charge is 2.26. The first kappa shape index (κ1) is 14.9. The van der Waals surface area contributed by atoms with Gasteiger partial charge in [-0.3, -0.25) is 4.90 Å². The minimum Gasteiger partial charge on any atom is -0.374 e. The quantitative estimate of drug-likeness (QED) is 0.740. The molecule has 0 amide bonds.